The molecule has 19 heavy (non-hydrogen) atoms. The van der Waals surface area contributed by atoms with Crippen LogP contribution in [-0.2, 0) is 5.75 Å². The van der Waals surface area contributed by atoms with E-state index in [0.29, 0.717) is 5.92 Å². The highest BCUT2D eigenvalue weighted by molar-refractivity contribution is 7.99. The molecule has 1 aromatic carbocycles. The molecule has 0 saturated carbocycles. The number of thioether (sulfide) groups is 1. The van der Waals surface area contributed by atoms with E-state index in [1.165, 1.54) is 16.7 Å². The summed E-state index contributed by atoms with van der Waals surface area (Å²) in [6.07, 6.45) is 0.963. The summed E-state index contributed by atoms with van der Waals surface area (Å²) in [5.74, 6) is 1.49. The van der Waals surface area contributed by atoms with Gasteiger partial charge >= 0.3 is 0 Å². The molecule has 3 heteroatoms. The standard InChI is InChI=1S/C16H27NOS/c1-11(2)5-15(17)16(9-18)19-10-14-7-12(3)6-13(4)8-14/h6-8,11,15-16,18H,5,9-10,17H2,1-4H3. The summed E-state index contributed by atoms with van der Waals surface area (Å²) in [5, 5.41) is 9.62. The average molecular weight is 281 g/mol. The summed E-state index contributed by atoms with van der Waals surface area (Å²) in [6.45, 7) is 8.74. The number of benzene rings is 1. The van der Waals surface area contributed by atoms with Crippen molar-refractivity contribution in [3.8, 4) is 0 Å². The summed E-state index contributed by atoms with van der Waals surface area (Å²) in [7, 11) is 0. The van der Waals surface area contributed by atoms with Gasteiger partial charge in [-0.05, 0) is 31.7 Å². The Labute approximate surface area is 121 Å². The Balaban J connectivity index is 2.57. The first-order valence-electron chi connectivity index (χ1n) is 6.97. The minimum Gasteiger partial charge on any atom is -0.395 e. The minimum atomic E-state index is 0.0703. The van der Waals surface area contributed by atoms with Crippen molar-refractivity contribution in [1.29, 1.82) is 0 Å². The second-order valence-electron chi connectivity index (χ2n) is 5.82. The van der Waals surface area contributed by atoms with Crippen molar-refractivity contribution in [3.63, 3.8) is 0 Å². The molecule has 108 valence electrons. The first-order chi connectivity index (χ1) is 8.92. The molecule has 0 aliphatic carbocycles. The number of rotatable bonds is 7. The lowest BCUT2D eigenvalue weighted by atomic mass is 10.0. The van der Waals surface area contributed by atoms with Crippen LogP contribution in [0.15, 0.2) is 18.2 Å². The van der Waals surface area contributed by atoms with Gasteiger partial charge in [0.2, 0.25) is 0 Å². The minimum absolute atomic E-state index is 0.0703. The predicted molar refractivity (Wildman–Crippen MR) is 85.5 cm³/mol. The molecule has 0 aliphatic heterocycles. The molecule has 3 N–H and O–H groups in total. The van der Waals surface area contributed by atoms with Crippen molar-refractivity contribution in [3.05, 3.63) is 34.9 Å². The Kier molecular flexibility index (Phi) is 6.90. The van der Waals surface area contributed by atoms with Crippen LogP contribution in [0, 0.1) is 19.8 Å². The lowest BCUT2D eigenvalue weighted by molar-refractivity contribution is 0.275. The Hall–Kier alpha value is -0.510. The van der Waals surface area contributed by atoms with E-state index in [4.69, 9.17) is 5.73 Å². The molecule has 0 bridgehead atoms. The zero-order valence-electron chi connectivity index (χ0n) is 12.5. The van der Waals surface area contributed by atoms with Crippen LogP contribution in [0.25, 0.3) is 0 Å². The van der Waals surface area contributed by atoms with Crippen molar-refractivity contribution in [1.82, 2.24) is 0 Å². The fourth-order valence-corrected chi connectivity index (χ4v) is 3.40. The maximum absolute atomic E-state index is 9.50. The van der Waals surface area contributed by atoms with Gasteiger partial charge in [-0.3, -0.25) is 0 Å². The third kappa shape index (κ3) is 5.98. The molecule has 0 fully saturated rings. The Bertz CT molecular complexity index is 372. The Morgan fingerprint density at radius 1 is 1.16 bits per heavy atom. The van der Waals surface area contributed by atoms with Gasteiger partial charge in [-0.15, -0.1) is 11.8 Å². The van der Waals surface area contributed by atoms with Crippen LogP contribution >= 0.6 is 11.8 Å². The quantitative estimate of drug-likeness (QED) is 0.806. The second-order valence-corrected chi connectivity index (χ2v) is 7.05. The van der Waals surface area contributed by atoms with Crippen LogP contribution in [0.4, 0.5) is 0 Å². The van der Waals surface area contributed by atoms with Crippen LogP contribution in [0.1, 0.15) is 37.0 Å². The zero-order chi connectivity index (χ0) is 14.4. The first-order valence-corrected chi connectivity index (χ1v) is 8.02. The molecular weight excluding hydrogens is 254 g/mol. The molecule has 0 aliphatic rings. The van der Waals surface area contributed by atoms with Crippen LogP contribution in [0.2, 0.25) is 0 Å². The molecule has 2 unspecified atom stereocenters. The molecule has 2 nitrogen and oxygen atoms in total. The smallest absolute Gasteiger partial charge is 0.0565 e. The maximum atomic E-state index is 9.50. The van der Waals surface area contributed by atoms with Gasteiger partial charge in [0, 0.05) is 17.0 Å². The van der Waals surface area contributed by atoms with Gasteiger partial charge < -0.3 is 10.8 Å². The monoisotopic (exact) mass is 281 g/mol. The summed E-state index contributed by atoms with van der Waals surface area (Å²) in [4.78, 5) is 0. The molecular formula is C16H27NOS. The van der Waals surface area contributed by atoms with Gasteiger partial charge in [-0.2, -0.15) is 0 Å². The van der Waals surface area contributed by atoms with E-state index in [2.05, 4.69) is 45.9 Å². The van der Waals surface area contributed by atoms with E-state index in [-0.39, 0.29) is 17.9 Å². The number of aliphatic hydroxyl groups is 1. The molecule has 0 saturated heterocycles. The van der Waals surface area contributed by atoms with E-state index < -0.39 is 0 Å². The SMILES string of the molecule is Cc1cc(C)cc(CSC(CO)C(N)CC(C)C)c1. The average Bonchev–Trinajstić information content (AvgIpc) is 2.27. The molecule has 0 spiro atoms. The van der Waals surface area contributed by atoms with E-state index >= 15 is 0 Å². The molecule has 1 rings (SSSR count). The van der Waals surface area contributed by atoms with E-state index in [1.54, 1.807) is 11.8 Å². The highest BCUT2D eigenvalue weighted by Crippen LogP contribution is 2.23. The summed E-state index contributed by atoms with van der Waals surface area (Å²) in [5.41, 5.74) is 10.1. The number of nitrogens with two attached hydrogens (primary N) is 1. The highest BCUT2D eigenvalue weighted by atomic mass is 32.2. The Morgan fingerprint density at radius 2 is 1.74 bits per heavy atom. The Morgan fingerprint density at radius 3 is 2.21 bits per heavy atom. The van der Waals surface area contributed by atoms with E-state index in [0.717, 1.165) is 12.2 Å². The fourth-order valence-electron chi connectivity index (χ4n) is 2.36. The largest absolute Gasteiger partial charge is 0.395 e. The van der Waals surface area contributed by atoms with Gasteiger partial charge in [0.1, 0.15) is 0 Å². The second kappa shape index (κ2) is 7.93. The number of aryl methyl sites for hydroxylation is 2. The molecule has 0 radical (unpaired) electrons. The number of aliphatic hydroxyl groups excluding tert-OH is 1. The predicted octanol–water partition coefficient (Wildman–Crippen LogP) is 3.27. The summed E-state index contributed by atoms with van der Waals surface area (Å²) in [6, 6.07) is 6.67. The van der Waals surface area contributed by atoms with Gasteiger partial charge in [-0.1, -0.05) is 43.2 Å². The summed E-state index contributed by atoms with van der Waals surface area (Å²) >= 11 is 1.77. The molecule has 0 heterocycles. The van der Waals surface area contributed by atoms with Crippen LogP contribution < -0.4 is 5.73 Å². The number of hydrogen-bond acceptors (Lipinski definition) is 3. The topological polar surface area (TPSA) is 46.2 Å². The third-order valence-corrected chi connectivity index (χ3v) is 4.57. The molecule has 1 aromatic rings. The van der Waals surface area contributed by atoms with Crippen LogP contribution in [-0.4, -0.2) is 23.0 Å². The summed E-state index contributed by atoms with van der Waals surface area (Å²) < 4.78 is 0. The van der Waals surface area contributed by atoms with Gasteiger partial charge in [0.05, 0.1) is 6.61 Å². The van der Waals surface area contributed by atoms with Gasteiger partial charge in [0.15, 0.2) is 0 Å². The lowest BCUT2D eigenvalue weighted by Crippen LogP contribution is -2.36. The normalized spacial score (nSPS) is 14.7. The molecule has 0 amide bonds. The van der Waals surface area contributed by atoms with E-state index in [1.807, 2.05) is 0 Å². The number of hydrogen-bond donors (Lipinski definition) is 2. The third-order valence-electron chi connectivity index (χ3n) is 3.15. The van der Waals surface area contributed by atoms with Gasteiger partial charge in [-0.25, -0.2) is 0 Å². The van der Waals surface area contributed by atoms with Crippen molar-refractivity contribution < 1.29 is 5.11 Å². The maximum Gasteiger partial charge on any atom is 0.0565 e. The van der Waals surface area contributed by atoms with Crippen molar-refractivity contribution in [2.45, 2.75) is 51.2 Å². The zero-order valence-corrected chi connectivity index (χ0v) is 13.3. The fraction of sp³-hybridized carbons (Fsp3) is 0.625. The van der Waals surface area contributed by atoms with Crippen molar-refractivity contribution in [2.24, 2.45) is 11.7 Å². The van der Waals surface area contributed by atoms with E-state index in [9.17, 15) is 5.11 Å². The molecule has 0 aromatic heterocycles. The highest BCUT2D eigenvalue weighted by Gasteiger charge is 2.18. The lowest BCUT2D eigenvalue weighted by Gasteiger charge is -2.23. The molecule has 2 atom stereocenters. The van der Waals surface area contributed by atoms with Gasteiger partial charge in [0.25, 0.3) is 0 Å². The van der Waals surface area contributed by atoms with Crippen LogP contribution in [0.3, 0.4) is 0 Å². The van der Waals surface area contributed by atoms with Crippen molar-refractivity contribution in [2.75, 3.05) is 6.61 Å². The first kappa shape index (κ1) is 16.5. The van der Waals surface area contributed by atoms with Crippen LogP contribution in [0.5, 0.6) is 0 Å². The van der Waals surface area contributed by atoms with Crippen molar-refractivity contribution >= 4 is 11.8 Å².